The van der Waals surface area contributed by atoms with E-state index in [0.717, 1.165) is 43.8 Å². The third-order valence-electron chi connectivity index (χ3n) is 6.15. The Bertz CT molecular complexity index is 575. The minimum absolute atomic E-state index is 0.293. The third-order valence-corrected chi connectivity index (χ3v) is 6.15. The van der Waals surface area contributed by atoms with E-state index in [0.29, 0.717) is 18.2 Å². The van der Waals surface area contributed by atoms with Gasteiger partial charge in [-0.1, -0.05) is 19.1 Å². The number of hydrogen-bond donors (Lipinski definition) is 1. The number of benzene rings is 1. The molecule has 0 unspecified atom stereocenters. The summed E-state index contributed by atoms with van der Waals surface area (Å²) < 4.78 is 0. The van der Waals surface area contributed by atoms with Crippen molar-refractivity contribution in [3.8, 4) is 0 Å². The van der Waals surface area contributed by atoms with E-state index >= 15 is 0 Å². The number of rotatable bonds is 6. The number of Topliss-reactive ketones (excluding diaryl/α,β-unsaturated/α-hetero) is 1. The van der Waals surface area contributed by atoms with Crippen LogP contribution in [0.1, 0.15) is 73.4 Å². The number of hydrogen-bond acceptors (Lipinski definition) is 3. The van der Waals surface area contributed by atoms with E-state index in [1.807, 2.05) is 6.07 Å². The summed E-state index contributed by atoms with van der Waals surface area (Å²) in [4.78, 5) is 14.8. The second-order valence-corrected chi connectivity index (χ2v) is 8.07. The number of nitrogens with two attached hydrogens (primary N) is 1. The first-order chi connectivity index (χ1) is 12.2. The first-order valence-electron chi connectivity index (χ1n) is 10.3. The Morgan fingerprint density at radius 1 is 1.12 bits per heavy atom. The minimum Gasteiger partial charge on any atom is -0.328 e. The Hall–Kier alpha value is -1.19. The average molecular weight is 343 g/mol. The molecule has 0 radical (unpaired) electrons. The molecule has 3 rings (SSSR count). The van der Waals surface area contributed by atoms with Crippen LogP contribution in [-0.2, 0) is 12.8 Å². The molecule has 1 saturated carbocycles. The second kappa shape index (κ2) is 8.95. The number of carbonyl (C=O) groups excluding carboxylic acids is 1. The van der Waals surface area contributed by atoms with Gasteiger partial charge < -0.3 is 10.6 Å². The molecule has 0 atom stereocenters. The third kappa shape index (κ3) is 5.15. The van der Waals surface area contributed by atoms with Gasteiger partial charge in [-0.2, -0.15) is 0 Å². The maximum Gasteiger partial charge on any atom is 0.162 e. The Labute approximate surface area is 153 Å². The van der Waals surface area contributed by atoms with Crippen LogP contribution in [0.15, 0.2) is 18.2 Å². The fourth-order valence-electron chi connectivity index (χ4n) is 4.38. The molecule has 0 spiro atoms. The SMILES string of the molecule is CCCC(=O)c1ccc2c(c1)CCN(CCC1CCC(N)CC1)CC2. The predicted octanol–water partition coefficient (Wildman–Crippen LogP) is 3.98. The van der Waals surface area contributed by atoms with E-state index in [1.54, 1.807) is 0 Å². The lowest BCUT2D eigenvalue weighted by Crippen LogP contribution is -2.31. The average Bonchev–Trinajstić information content (AvgIpc) is 2.83. The first kappa shape index (κ1) is 18.6. The zero-order valence-corrected chi connectivity index (χ0v) is 15.8. The van der Waals surface area contributed by atoms with Gasteiger partial charge in [-0.3, -0.25) is 4.79 Å². The van der Waals surface area contributed by atoms with Gasteiger partial charge in [0.1, 0.15) is 0 Å². The van der Waals surface area contributed by atoms with Gasteiger partial charge in [0.25, 0.3) is 0 Å². The van der Waals surface area contributed by atoms with Crippen LogP contribution in [-0.4, -0.2) is 36.4 Å². The zero-order chi connectivity index (χ0) is 17.6. The molecule has 3 heteroatoms. The van der Waals surface area contributed by atoms with Gasteiger partial charge in [-0.15, -0.1) is 0 Å². The molecule has 3 nitrogen and oxygen atoms in total. The number of ketones is 1. The number of nitrogens with zero attached hydrogens (tertiary/aromatic N) is 1. The summed E-state index contributed by atoms with van der Waals surface area (Å²) in [6.07, 6.45) is 10.2. The highest BCUT2D eigenvalue weighted by molar-refractivity contribution is 5.96. The van der Waals surface area contributed by atoms with E-state index in [1.165, 1.54) is 49.8 Å². The minimum atomic E-state index is 0.293. The molecule has 1 heterocycles. The maximum absolute atomic E-state index is 12.2. The summed E-state index contributed by atoms with van der Waals surface area (Å²) in [5.41, 5.74) is 9.77. The van der Waals surface area contributed by atoms with E-state index in [4.69, 9.17) is 5.73 Å². The molecule has 0 amide bonds. The van der Waals surface area contributed by atoms with Crippen molar-refractivity contribution in [2.45, 2.75) is 70.8 Å². The van der Waals surface area contributed by atoms with E-state index in [9.17, 15) is 4.79 Å². The molecule has 0 bridgehead atoms. The second-order valence-electron chi connectivity index (χ2n) is 8.07. The van der Waals surface area contributed by atoms with Crippen LogP contribution in [0.5, 0.6) is 0 Å². The van der Waals surface area contributed by atoms with Crippen LogP contribution in [0.3, 0.4) is 0 Å². The molecule has 0 aromatic heterocycles. The first-order valence-corrected chi connectivity index (χ1v) is 10.3. The van der Waals surface area contributed by atoms with Gasteiger partial charge in [0, 0.05) is 31.1 Å². The van der Waals surface area contributed by atoms with E-state index in [2.05, 4.69) is 24.0 Å². The highest BCUT2D eigenvalue weighted by Crippen LogP contribution is 2.26. The standard InChI is InChI=1S/C22H34N2O/c1-2-3-22(25)20-7-6-18-11-14-24(15-12-19(18)16-20)13-10-17-4-8-21(23)9-5-17/h6-7,16-17,21H,2-5,8-15,23H2,1H3. The van der Waals surface area contributed by atoms with Gasteiger partial charge in [-0.05, 0) is 81.0 Å². The van der Waals surface area contributed by atoms with Crippen LogP contribution in [0.4, 0.5) is 0 Å². The Balaban J connectivity index is 1.52. The van der Waals surface area contributed by atoms with Crippen molar-refractivity contribution >= 4 is 5.78 Å². The molecule has 25 heavy (non-hydrogen) atoms. The molecule has 2 aliphatic rings. The molecule has 1 aromatic rings. The number of fused-ring (bicyclic) bond motifs is 1. The van der Waals surface area contributed by atoms with E-state index in [-0.39, 0.29) is 0 Å². The molecule has 2 N–H and O–H groups in total. The molecule has 0 saturated heterocycles. The summed E-state index contributed by atoms with van der Waals surface area (Å²) in [5, 5.41) is 0. The van der Waals surface area contributed by atoms with Gasteiger partial charge in [0.2, 0.25) is 0 Å². The monoisotopic (exact) mass is 342 g/mol. The molecule has 138 valence electrons. The van der Waals surface area contributed by atoms with Crippen molar-refractivity contribution in [3.05, 3.63) is 34.9 Å². The van der Waals surface area contributed by atoms with Crippen molar-refractivity contribution in [3.63, 3.8) is 0 Å². The zero-order valence-electron chi connectivity index (χ0n) is 15.8. The van der Waals surface area contributed by atoms with Crippen molar-refractivity contribution in [1.82, 2.24) is 4.90 Å². The van der Waals surface area contributed by atoms with E-state index < -0.39 is 0 Å². The Morgan fingerprint density at radius 2 is 1.84 bits per heavy atom. The quantitative estimate of drug-likeness (QED) is 0.796. The summed E-state index contributed by atoms with van der Waals surface area (Å²) >= 11 is 0. The molecule has 1 aliphatic carbocycles. The largest absolute Gasteiger partial charge is 0.328 e. The normalized spacial score (nSPS) is 24.6. The lowest BCUT2D eigenvalue weighted by molar-refractivity contribution is 0.0981. The molecule has 1 aliphatic heterocycles. The summed E-state index contributed by atoms with van der Waals surface area (Å²) in [6.45, 7) is 5.57. The van der Waals surface area contributed by atoms with Gasteiger partial charge in [0.15, 0.2) is 5.78 Å². The summed E-state index contributed by atoms with van der Waals surface area (Å²) in [6, 6.07) is 6.86. The topological polar surface area (TPSA) is 46.3 Å². The Kier molecular flexibility index (Phi) is 6.66. The van der Waals surface area contributed by atoms with Crippen LogP contribution in [0, 0.1) is 5.92 Å². The number of carbonyl (C=O) groups is 1. The van der Waals surface area contributed by atoms with Crippen LogP contribution in [0.25, 0.3) is 0 Å². The lowest BCUT2D eigenvalue weighted by Gasteiger charge is -2.28. The fourth-order valence-corrected chi connectivity index (χ4v) is 4.38. The van der Waals surface area contributed by atoms with Crippen molar-refractivity contribution < 1.29 is 4.79 Å². The predicted molar refractivity (Wildman–Crippen MR) is 104 cm³/mol. The lowest BCUT2D eigenvalue weighted by atomic mass is 9.84. The summed E-state index contributed by atoms with van der Waals surface area (Å²) in [7, 11) is 0. The van der Waals surface area contributed by atoms with Crippen molar-refractivity contribution in [2.24, 2.45) is 11.7 Å². The Morgan fingerprint density at radius 3 is 2.56 bits per heavy atom. The highest BCUT2D eigenvalue weighted by atomic mass is 16.1. The molecular weight excluding hydrogens is 308 g/mol. The van der Waals surface area contributed by atoms with Gasteiger partial charge >= 0.3 is 0 Å². The summed E-state index contributed by atoms with van der Waals surface area (Å²) in [5.74, 6) is 1.17. The molecule has 1 aromatic carbocycles. The molecular formula is C22H34N2O. The molecule has 1 fully saturated rings. The highest BCUT2D eigenvalue weighted by Gasteiger charge is 2.20. The van der Waals surface area contributed by atoms with Crippen LogP contribution < -0.4 is 5.73 Å². The fraction of sp³-hybridized carbons (Fsp3) is 0.682. The maximum atomic E-state index is 12.2. The van der Waals surface area contributed by atoms with Gasteiger partial charge in [0.05, 0.1) is 0 Å². The van der Waals surface area contributed by atoms with Crippen LogP contribution in [0.2, 0.25) is 0 Å². The van der Waals surface area contributed by atoms with Gasteiger partial charge in [-0.25, -0.2) is 0 Å². The smallest absolute Gasteiger partial charge is 0.162 e. The van der Waals surface area contributed by atoms with Crippen molar-refractivity contribution in [2.75, 3.05) is 19.6 Å². The van der Waals surface area contributed by atoms with Crippen LogP contribution >= 0.6 is 0 Å². The van der Waals surface area contributed by atoms with Crippen molar-refractivity contribution in [1.29, 1.82) is 0 Å².